The van der Waals surface area contributed by atoms with Crippen LogP contribution in [0.5, 0.6) is 0 Å². The molecule has 0 radical (unpaired) electrons. The highest BCUT2D eigenvalue weighted by atomic mass is 16.4. The van der Waals surface area contributed by atoms with Crippen molar-refractivity contribution in [3.63, 3.8) is 0 Å². The molecule has 0 bridgehead atoms. The van der Waals surface area contributed by atoms with Gasteiger partial charge in [0.2, 0.25) is 5.91 Å². The Labute approximate surface area is 102 Å². The van der Waals surface area contributed by atoms with Crippen molar-refractivity contribution in [2.24, 2.45) is 11.1 Å². The molecule has 3 N–H and O–H groups in total. The van der Waals surface area contributed by atoms with Gasteiger partial charge in [-0.1, -0.05) is 13.3 Å². The lowest BCUT2D eigenvalue weighted by molar-refractivity contribution is -0.153. The van der Waals surface area contributed by atoms with Crippen LogP contribution in [0, 0.1) is 5.41 Å². The van der Waals surface area contributed by atoms with Gasteiger partial charge in [-0.3, -0.25) is 9.59 Å². The first kappa shape index (κ1) is 14.0. The van der Waals surface area contributed by atoms with Crippen molar-refractivity contribution in [3.8, 4) is 0 Å². The van der Waals surface area contributed by atoms with Crippen LogP contribution in [0.1, 0.15) is 39.5 Å². The van der Waals surface area contributed by atoms with Crippen LogP contribution in [0.2, 0.25) is 0 Å². The minimum Gasteiger partial charge on any atom is -0.481 e. The lowest BCUT2D eigenvalue weighted by atomic mass is 9.80. The van der Waals surface area contributed by atoms with Gasteiger partial charge in [-0.25, -0.2) is 0 Å². The lowest BCUT2D eigenvalue weighted by Crippen LogP contribution is -2.50. The third-order valence-electron chi connectivity index (χ3n) is 3.61. The maximum absolute atomic E-state index is 11.9. The van der Waals surface area contributed by atoms with Crippen LogP contribution < -0.4 is 5.73 Å². The quantitative estimate of drug-likeness (QED) is 0.764. The normalized spacial score (nSPS) is 21.0. The van der Waals surface area contributed by atoms with Gasteiger partial charge in [-0.05, 0) is 26.2 Å². The van der Waals surface area contributed by atoms with E-state index in [9.17, 15) is 9.59 Å². The van der Waals surface area contributed by atoms with Crippen molar-refractivity contribution in [1.29, 1.82) is 0 Å². The van der Waals surface area contributed by atoms with Gasteiger partial charge in [0.1, 0.15) is 0 Å². The van der Waals surface area contributed by atoms with Crippen LogP contribution >= 0.6 is 0 Å². The average Bonchev–Trinajstić information content (AvgIpc) is 2.29. The Hall–Kier alpha value is -1.10. The first-order valence-corrected chi connectivity index (χ1v) is 6.18. The SMILES string of the molecule is CCC[C@H](N)C(=O)N1CCC(C)(C(=O)O)CC1. The van der Waals surface area contributed by atoms with Crippen LogP contribution in [-0.2, 0) is 9.59 Å². The molecule has 0 aliphatic carbocycles. The number of carbonyl (C=O) groups excluding carboxylic acids is 1. The van der Waals surface area contributed by atoms with Crippen LogP contribution in [0.15, 0.2) is 0 Å². The van der Waals surface area contributed by atoms with E-state index >= 15 is 0 Å². The van der Waals surface area contributed by atoms with E-state index in [2.05, 4.69) is 0 Å². The van der Waals surface area contributed by atoms with Gasteiger partial charge in [0, 0.05) is 13.1 Å². The molecule has 0 unspecified atom stereocenters. The number of rotatable bonds is 4. The molecule has 5 nitrogen and oxygen atoms in total. The predicted octanol–water partition coefficient (Wildman–Crippen LogP) is 0.827. The third-order valence-corrected chi connectivity index (χ3v) is 3.61. The number of nitrogens with two attached hydrogens (primary N) is 1. The third kappa shape index (κ3) is 3.19. The molecule has 0 aromatic heterocycles. The van der Waals surface area contributed by atoms with Crippen molar-refractivity contribution in [2.75, 3.05) is 13.1 Å². The summed E-state index contributed by atoms with van der Waals surface area (Å²) < 4.78 is 0. The highest BCUT2D eigenvalue weighted by Gasteiger charge is 2.38. The van der Waals surface area contributed by atoms with Crippen molar-refractivity contribution < 1.29 is 14.7 Å². The van der Waals surface area contributed by atoms with Gasteiger partial charge in [-0.15, -0.1) is 0 Å². The van der Waals surface area contributed by atoms with E-state index in [1.807, 2.05) is 6.92 Å². The number of hydrogen-bond donors (Lipinski definition) is 2. The fraction of sp³-hybridized carbons (Fsp3) is 0.833. The smallest absolute Gasteiger partial charge is 0.309 e. The molecule has 1 rings (SSSR count). The molecule has 1 aliphatic rings. The maximum Gasteiger partial charge on any atom is 0.309 e. The fourth-order valence-electron chi connectivity index (χ4n) is 2.10. The number of carbonyl (C=O) groups is 2. The molecular formula is C12H22N2O3. The zero-order valence-electron chi connectivity index (χ0n) is 10.6. The topological polar surface area (TPSA) is 83.6 Å². The van der Waals surface area contributed by atoms with Gasteiger partial charge < -0.3 is 15.7 Å². The molecule has 17 heavy (non-hydrogen) atoms. The number of nitrogens with zero attached hydrogens (tertiary/aromatic N) is 1. The van der Waals surface area contributed by atoms with Crippen molar-refractivity contribution in [3.05, 3.63) is 0 Å². The summed E-state index contributed by atoms with van der Waals surface area (Å²) in [6, 6.07) is -0.436. The summed E-state index contributed by atoms with van der Waals surface area (Å²) in [6.07, 6.45) is 2.58. The fourth-order valence-corrected chi connectivity index (χ4v) is 2.10. The predicted molar refractivity (Wildman–Crippen MR) is 64.4 cm³/mol. The molecule has 1 aliphatic heterocycles. The number of aliphatic carboxylic acids is 1. The lowest BCUT2D eigenvalue weighted by Gasteiger charge is -2.37. The molecule has 1 amide bonds. The first-order valence-electron chi connectivity index (χ1n) is 6.18. The van der Waals surface area contributed by atoms with Crippen molar-refractivity contribution in [2.45, 2.75) is 45.6 Å². The molecule has 0 spiro atoms. The van der Waals surface area contributed by atoms with Crippen molar-refractivity contribution >= 4 is 11.9 Å². The number of amides is 1. The summed E-state index contributed by atoms with van der Waals surface area (Å²) >= 11 is 0. The Morgan fingerprint density at radius 3 is 2.35 bits per heavy atom. The van der Waals surface area contributed by atoms with E-state index in [1.165, 1.54) is 0 Å². The van der Waals surface area contributed by atoms with Gasteiger partial charge >= 0.3 is 5.97 Å². The van der Waals surface area contributed by atoms with Gasteiger partial charge in [0.15, 0.2) is 0 Å². The van der Waals surface area contributed by atoms with Crippen LogP contribution in [0.4, 0.5) is 0 Å². The molecule has 1 heterocycles. The number of hydrogen-bond acceptors (Lipinski definition) is 3. The number of likely N-dealkylation sites (tertiary alicyclic amines) is 1. The Morgan fingerprint density at radius 1 is 1.41 bits per heavy atom. The summed E-state index contributed by atoms with van der Waals surface area (Å²) in [5, 5.41) is 9.09. The Kier molecular flexibility index (Phi) is 4.51. The molecule has 0 saturated carbocycles. The van der Waals surface area contributed by atoms with E-state index < -0.39 is 17.4 Å². The zero-order valence-corrected chi connectivity index (χ0v) is 10.6. The average molecular weight is 242 g/mol. The molecule has 5 heteroatoms. The van der Waals surface area contributed by atoms with Gasteiger partial charge in [0.05, 0.1) is 11.5 Å². The molecular weight excluding hydrogens is 220 g/mol. The van der Waals surface area contributed by atoms with Crippen LogP contribution in [0.3, 0.4) is 0 Å². The summed E-state index contributed by atoms with van der Waals surface area (Å²) in [5.74, 6) is -0.818. The van der Waals surface area contributed by atoms with E-state index in [4.69, 9.17) is 10.8 Å². The first-order chi connectivity index (χ1) is 7.90. The van der Waals surface area contributed by atoms with Crippen LogP contribution in [0.25, 0.3) is 0 Å². The number of carboxylic acids is 1. The largest absolute Gasteiger partial charge is 0.481 e. The minimum atomic E-state index is -0.776. The second-order valence-corrected chi connectivity index (χ2v) is 5.09. The molecule has 1 atom stereocenters. The molecule has 1 saturated heterocycles. The summed E-state index contributed by atoms with van der Waals surface area (Å²) in [5.41, 5.74) is 5.09. The second kappa shape index (κ2) is 5.49. The van der Waals surface area contributed by atoms with Gasteiger partial charge in [0.25, 0.3) is 0 Å². The highest BCUT2D eigenvalue weighted by Crippen LogP contribution is 2.31. The molecule has 0 aromatic rings. The zero-order chi connectivity index (χ0) is 13.1. The van der Waals surface area contributed by atoms with Gasteiger partial charge in [-0.2, -0.15) is 0 Å². The molecule has 0 aromatic carbocycles. The number of carboxylic acid groups (broad SMARTS) is 1. The number of piperidine rings is 1. The Morgan fingerprint density at radius 2 is 1.94 bits per heavy atom. The van der Waals surface area contributed by atoms with Crippen LogP contribution in [-0.4, -0.2) is 41.0 Å². The minimum absolute atomic E-state index is 0.0423. The highest BCUT2D eigenvalue weighted by molar-refractivity contribution is 5.82. The van der Waals surface area contributed by atoms with E-state index in [-0.39, 0.29) is 5.91 Å². The molecule has 1 fully saturated rings. The monoisotopic (exact) mass is 242 g/mol. The maximum atomic E-state index is 11.9. The second-order valence-electron chi connectivity index (χ2n) is 5.09. The standard InChI is InChI=1S/C12H22N2O3/c1-3-4-9(13)10(15)14-7-5-12(2,6-8-14)11(16)17/h9H,3-8,13H2,1-2H3,(H,16,17)/t9-/m0/s1. The van der Waals surface area contributed by atoms with Crippen molar-refractivity contribution in [1.82, 2.24) is 4.90 Å². The molecule has 98 valence electrons. The van der Waals surface area contributed by atoms with E-state index in [1.54, 1.807) is 11.8 Å². The Bertz CT molecular complexity index is 296. The summed E-state index contributed by atoms with van der Waals surface area (Å²) in [7, 11) is 0. The Balaban J connectivity index is 2.52. The van der Waals surface area contributed by atoms with E-state index in [0.29, 0.717) is 32.4 Å². The summed E-state index contributed by atoms with van der Waals surface area (Å²) in [6.45, 7) is 4.73. The van der Waals surface area contributed by atoms with E-state index in [0.717, 1.165) is 6.42 Å². The summed E-state index contributed by atoms with van der Waals surface area (Å²) in [4.78, 5) is 24.7.